The van der Waals surface area contributed by atoms with Crippen molar-refractivity contribution in [3.8, 4) is 11.5 Å². The molecule has 0 atom stereocenters. The fraction of sp³-hybridized carbons (Fsp3) is 0.421. The first-order valence-corrected chi connectivity index (χ1v) is 9.03. The summed E-state index contributed by atoms with van der Waals surface area (Å²) in [7, 11) is 1.91. The molecule has 8 nitrogen and oxygen atoms in total. The standard InChI is InChI=1S/C19H23N5O3/c1-14-15(12-22(2)20-14)13-23-9-6-19(7-10-23,18(25)26)24-8-5-16(21-24)17-4-3-11-27-17/h3-5,8,11-12H,6-7,9-10,13H2,1-2H3,(H,25,26). The molecule has 4 heterocycles. The molecule has 0 spiro atoms. The lowest BCUT2D eigenvalue weighted by Crippen LogP contribution is -2.51. The fourth-order valence-corrected chi connectivity index (χ4v) is 3.78. The lowest BCUT2D eigenvalue weighted by atomic mass is 9.87. The van der Waals surface area contributed by atoms with Crippen LogP contribution >= 0.6 is 0 Å². The first-order chi connectivity index (χ1) is 13.0. The van der Waals surface area contributed by atoms with Crippen molar-refractivity contribution < 1.29 is 14.3 Å². The zero-order chi connectivity index (χ0) is 19.0. The van der Waals surface area contributed by atoms with Crippen molar-refractivity contribution in [2.75, 3.05) is 13.1 Å². The molecule has 1 saturated heterocycles. The van der Waals surface area contributed by atoms with Gasteiger partial charge in [0.05, 0.1) is 12.0 Å². The Bertz CT molecular complexity index is 933. The highest BCUT2D eigenvalue weighted by Crippen LogP contribution is 2.32. The van der Waals surface area contributed by atoms with Crippen LogP contribution in [0, 0.1) is 6.92 Å². The first kappa shape index (κ1) is 17.5. The van der Waals surface area contributed by atoms with Crippen LogP contribution in [0.25, 0.3) is 11.5 Å². The summed E-state index contributed by atoms with van der Waals surface area (Å²) in [6.45, 7) is 4.17. The second kappa shape index (κ2) is 6.70. The Morgan fingerprint density at radius 2 is 2.07 bits per heavy atom. The van der Waals surface area contributed by atoms with Crippen LogP contribution in [0.2, 0.25) is 0 Å². The van der Waals surface area contributed by atoms with E-state index in [1.54, 1.807) is 29.3 Å². The maximum Gasteiger partial charge on any atom is 0.331 e. The Morgan fingerprint density at radius 1 is 1.30 bits per heavy atom. The molecule has 0 amide bonds. The van der Waals surface area contributed by atoms with Gasteiger partial charge in [-0.15, -0.1) is 0 Å². The van der Waals surface area contributed by atoms with Crippen LogP contribution in [0.5, 0.6) is 0 Å². The molecule has 1 fully saturated rings. The molecule has 0 aliphatic carbocycles. The zero-order valence-corrected chi connectivity index (χ0v) is 15.5. The highest BCUT2D eigenvalue weighted by atomic mass is 16.4. The Labute approximate surface area is 157 Å². The van der Waals surface area contributed by atoms with Crippen LogP contribution in [0.15, 0.2) is 41.3 Å². The van der Waals surface area contributed by atoms with E-state index in [0.717, 1.165) is 12.2 Å². The van der Waals surface area contributed by atoms with E-state index in [-0.39, 0.29) is 0 Å². The number of nitrogens with zero attached hydrogens (tertiary/aromatic N) is 5. The first-order valence-electron chi connectivity index (χ1n) is 9.03. The van der Waals surface area contributed by atoms with Crippen LogP contribution < -0.4 is 0 Å². The summed E-state index contributed by atoms with van der Waals surface area (Å²) in [6, 6.07) is 5.41. The average Bonchev–Trinajstić information content (AvgIpc) is 3.37. The van der Waals surface area contributed by atoms with E-state index in [0.29, 0.717) is 37.4 Å². The highest BCUT2D eigenvalue weighted by molar-refractivity contribution is 5.77. The molecule has 8 heteroatoms. The summed E-state index contributed by atoms with van der Waals surface area (Å²) in [5, 5.41) is 18.9. The lowest BCUT2D eigenvalue weighted by Gasteiger charge is -2.38. The van der Waals surface area contributed by atoms with Crippen molar-refractivity contribution in [3.63, 3.8) is 0 Å². The van der Waals surface area contributed by atoms with E-state index < -0.39 is 11.5 Å². The number of carbonyl (C=O) groups is 1. The van der Waals surface area contributed by atoms with E-state index in [1.165, 1.54) is 5.56 Å². The molecule has 3 aromatic rings. The van der Waals surface area contributed by atoms with Gasteiger partial charge in [-0.2, -0.15) is 10.2 Å². The van der Waals surface area contributed by atoms with Gasteiger partial charge in [-0.05, 0) is 38.0 Å². The van der Waals surface area contributed by atoms with Gasteiger partial charge in [-0.25, -0.2) is 4.79 Å². The number of carboxylic acid groups (broad SMARTS) is 1. The molecular formula is C19H23N5O3. The number of carboxylic acids is 1. The van der Waals surface area contributed by atoms with Crippen LogP contribution in [0.3, 0.4) is 0 Å². The molecular weight excluding hydrogens is 346 g/mol. The molecule has 0 unspecified atom stereocenters. The number of aromatic nitrogens is 4. The molecule has 0 bridgehead atoms. The fourth-order valence-electron chi connectivity index (χ4n) is 3.78. The number of piperidine rings is 1. The van der Waals surface area contributed by atoms with Gasteiger partial charge in [-0.3, -0.25) is 14.3 Å². The van der Waals surface area contributed by atoms with Gasteiger partial charge < -0.3 is 9.52 Å². The molecule has 0 radical (unpaired) electrons. The monoisotopic (exact) mass is 369 g/mol. The number of furan rings is 1. The molecule has 4 rings (SSSR count). The predicted octanol–water partition coefficient (Wildman–Crippen LogP) is 2.26. The quantitative estimate of drug-likeness (QED) is 0.742. The number of rotatable bonds is 5. The molecule has 0 aromatic carbocycles. The Balaban J connectivity index is 1.51. The summed E-state index contributed by atoms with van der Waals surface area (Å²) in [4.78, 5) is 14.5. The minimum atomic E-state index is -1.02. The van der Waals surface area contributed by atoms with Crippen molar-refractivity contribution in [2.24, 2.45) is 7.05 Å². The Hall–Kier alpha value is -2.87. The van der Waals surface area contributed by atoms with Crippen molar-refractivity contribution in [3.05, 3.63) is 48.1 Å². The average molecular weight is 369 g/mol. The summed E-state index contributed by atoms with van der Waals surface area (Å²) < 4.78 is 8.78. The highest BCUT2D eigenvalue weighted by Gasteiger charge is 2.44. The van der Waals surface area contributed by atoms with Crippen molar-refractivity contribution in [2.45, 2.75) is 31.8 Å². The van der Waals surface area contributed by atoms with Gasteiger partial charge >= 0.3 is 5.97 Å². The van der Waals surface area contributed by atoms with Gasteiger partial charge in [0, 0.05) is 44.6 Å². The molecule has 1 aliphatic rings. The summed E-state index contributed by atoms with van der Waals surface area (Å²) in [5.74, 6) is -0.201. The second-order valence-electron chi connectivity index (χ2n) is 7.15. The van der Waals surface area contributed by atoms with E-state index >= 15 is 0 Å². The second-order valence-corrected chi connectivity index (χ2v) is 7.15. The topological polar surface area (TPSA) is 89.3 Å². The molecule has 142 valence electrons. The maximum atomic E-state index is 12.2. The Kier molecular flexibility index (Phi) is 4.35. The smallest absolute Gasteiger partial charge is 0.331 e. The van der Waals surface area contributed by atoms with Gasteiger partial charge in [0.15, 0.2) is 11.3 Å². The van der Waals surface area contributed by atoms with Crippen LogP contribution in [-0.4, -0.2) is 48.6 Å². The van der Waals surface area contributed by atoms with Crippen LogP contribution in [0.1, 0.15) is 24.1 Å². The SMILES string of the molecule is Cc1nn(C)cc1CN1CCC(C(=O)O)(n2ccc(-c3ccco3)n2)CC1. The van der Waals surface area contributed by atoms with Crippen LogP contribution in [0.4, 0.5) is 0 Å². The van der Waals surface area contributed by atoms with Crippen molar-refractivity contribution in [1.29, 1.82) is 0 Å². The molecule has 3 aromatic heterocycles. The van der Waals surface area contributed by atoms with Gasteiger partial charge in [0.1, 0.15) is 5.69 Å². The minimum absolute atomic E-state index is 0.501. The zero-order valence-electron chi connectivity index (χ0n) is 15.5. The molecule has 1 aliphatic heterocycles. The number of likely N-dealkylation sites (tertiary alicyclic amines) is 1. The molecule has 1 N–H and O–H groups in total. The predicted molar refractivity (Wildman–Crippen MR) is 98.0 cm³/mol. The third kappa shape index (κ3) is 3.16. The van der Waals surface area contributed by atoms with E-state index in [1.807, 2.05) is 30.9 Å². The summed E-state index contributed by atoms with van der Waals surface area (Å²) in [6.07, 6.45) is 6.35. The molecule has 0 saturated carbocycles. The summed E-state index contributed by atoms with van der Waals surface area (Å²) in [5.41, 5.74) is 1.82. The van der Waals surface area contributed by atoms with Crippen molar-refractivity contribution in [1.82, 2.24) is 24.5 Å². The number of hydrogen-bond acceptors (Lipinski definition) is 5. The largest absolute Gasteiger partial charge is 0.479 e. The third-order valence-corrected chi connectivity index (χ3v) is 5.39. The summed E-state index contributed by atoms with van der Waals surface area (Å²) >= 11 is 0. The number of aliphatic carboxylic acids is 1. The van der Waals surface area contributed by atoms with E-state index in [2.05, 4.69) is 15.1 Å². The van der Waals surface area contributed by atoms with Gasteiger partial charge in [0.2, 0.25) is 0 Å². The van der Waals surface area contributed by atoms with E-state index in [4.69, 9.17) is 4.42 Å². The van der Waals surface area contributed by atoms with Crippen LogP contribution in [-0.2, 0) is 23.9 Å². The van der Waals surface area contributed by atoms with Gasteiger partial charge in [-0.1, -0.05) is 0 Å². The molecule has 27 heavy (non-hydrogen) atoms. The number of hydrogen-bond donors (Lipinski definition) is 1. The van der Waals surface area contributed by atoms with Crippen molar-refractivity contribution >= 4 is 5.97 Å². The number of aryl methyl sites for hydroxylation is 2. The maximum absolute atomic E-state index is 12.2. The van der Waals surface area contributed by atoms with Gasteiger partial charge in [0.25, 0.3) is 0 Å². The Morgan fingerprint density at radius 3 is 2.67 bits per heavy atom. The third-order valence-electron chi connectivity index (χ3n) is 5.39. The normalized spacial score (nSPS) is 17.3. The minimum Gasteiger partial charge on any atom is -0.479 e. The van der Waals surface area contributed by atoms with E-state index in [9.17, 15) is 9.90 Å². The lowest BCUT2D eigenvalue weighted by molar-refractivity contribution is -0.151.